The van der Waals surface area contributed by atoms with Crippen molar-refractivity contribution in [3.8, 4) is 0 Å². The molecule has 1 aromatic heterocycles. The van der Waals surface area contributed by atoms with Gasteiger partial charge < -0.3 is 4.98 Å². The fourth-order valence-electron chi connectivity index (χ4n) is 1.85. The van der Waals surface area contributed by atoms with Crippen molar-refractivity contribution in [3.05, 3.63) is 36.0 Å². The van der Waals surface area contributed by atoms with Crippen LogP contribution in [0.25, 0.3) is 10.9 Å². The molecule has 82 valence electrons. The van der Waals surface area contributed by atoms with Crippen LogP contribution in [0.2, 0.25) is 0 Å². The molecule has 3 heteroatoms. The summed E-state index contributed by atoms with van der Waals surface area (Å²) in [6.45, 7) is 5.01. The highest BCUT2D eigenvalue weighted by Gasteiger charge is 2.14. The van der Waals surface area contributed by atoms with Gasteiger partial charge in [-0.3, -0.25) is 9.79 Å². The smallest absolute Gasteiger partial charge is 0.154 e. The largest absolute Gasteiger partial charge is 0.361 e. The number of rotatable bonds is 4. The van der Waals surface area contributed by atoms with Gasteiger partial charge in [-0.1, -0.05) is 18.2 Å². The van der Waals surface area contributed by atoms with Crippen LogP contribution in [0.4, 0.5) is 0 Å². The van der Waals surface area contributed by atoms with Crippen molar-refractivity contribution in [2.75, 3.05) is 0 Å². The Morgan fingerprint density at radius 3 is 2.94 bits per heavy atom. The monoisotopic (exact) mass is 214 g/mol. The zero-order chi connectivity index (χ0) is 11.5. The average molecular weight is 214 g/mol. The fraction of sp³-hybridized carbons (Fsp3) is 0.231. The summed E-state index contributed by atoms with van der Waals surface area (Å²) in [4.78, 5) is 18.3. The predicted octanol–water partition coefficient (Wildman–Crippen LogP) is 2.37. The molecule has 0 unspecified atom stereocenters. The maximum Gasteiger partial charge on any atom is 0.154 e. The van der Waals surface area contributed by atoms with E-state index in [2.05, 4.69) is 16.7 Å². The number of aliphatic imine (C=N–C) groups is 1. The van der Waals surface area contributed by atoms with E-state index in [9.17, 15) is 4.79 Å². The number of para-hydroxylation sites is 1. The topological polar surface area (TPSA) is 45.2 Å². The van der Waals surface area contributed by atoms with Crippen LogP contribution >= 0.6 is 0 Å². The van der Waals surface area contributed by atoms with Crippen LogP contribution in [0.5, 0.6) is 0 Å². The van der Waals surface area contributed by atoms with E-state index in [4.69, 9.17) is 0 Å². The summed E-state index contributed by atoms with van der Waals surface area (Å²) in [5.74, 6) is 0.0558. The number of fused-ring (bicyclic) bond motifs is 1. The normalized spacial score (nSPS) is 12.6. The number of H-pyrrole nitrogens is 1. The van der Waals surface area contributed by atoms with Crippen LogP contribution in [-0.4, -0.2) is 23.5 Å². The summed E-state index contributed by atoms with van der Waals surface area (Å²) in [6, 6.07) is 7.70. The molecule has 2 aromatic rings. The molecule has 1 heterocycles. The lowest BCUT2D eigenvalue weighted by atomic mass is 10.0. The molecule has 0 aliphatic carbocycles. The molecule has 1 atom stereocenters. The van der Waals surface area contributed by atoms with E-state index in [1.807, 2.05) is 30.5 Å². The van der Waals surface area contributed by atoms with E-state index in [1.54, 1.807) is 6.92 Å². The molecule has 0 radical (unpaired) electrons. The molecule has 0 spiro atoms. The zero-order valence-electron chi connectivity index (χ0n) is 9.23. The second-order valence-corrected chi connectivity index (χ2v) is 3.87. The number of nitrogens with zero attached hydrogens (tertiary/aromatic N) is 1. The number of Topliss-reactive ketones (excluding diaryl/α,β-unsaturated/α-hetero) is 1. The fourth-order valence-corrected chi connectivity index (χ4v) is 1.85. The Morgan fingerprint density at radius 2 is 2.25 bits per heavy atom. The Balaban J connectivity index is 2.34. The van der Waals surface area contributed by atoms with Crippen molar-refractivity contribution in [1.29, 1.82) is 0 Å². The van der Waals surface area contributed by atoms with Crippen LogP contribution in [0, 0.1) is 0 Å². The standard InChI is InChI=1S/C13H14N2O/c1-9(16)13(14-2)7-10-8-15-12-6-4-3-5-11(10)12/h3-6,8,13,15H,2,7H2,1H3/t13-/m0/s1. The minimum Gasteiger partial charge on any atom is -0.361 e. The molecule has 0 saturated carbocycles. The third-order valence-electron chi connectivity index (χ3n) is 2.78. The summed E-state index contributed by atoms with van der Waals surface area (Å²) in [6.07, 6.45) is 2.55. The first-order valence-corrected chi connectivity index (χ1v) is 5.23. The van der Waals surface area contributed by atoms with Gasteiger partial charge in [0.2, 0.25) is 0 Å². The van der Waals surface area contributed by atoms with E-state index in [0.717, 1.165) is 16.5 Å². The Morgan fingerprint density at radius 1 is 1.50 bits per heavy atom. The summed E-state index contributed by atoms with van der Waals surface area (Å²) < 4.78 is 0. The minimum atomic E-state index is -0.334. The van der Waals surface area contributed by atoms with E-state index in [1.165, 1.54) is 0 Å². The molecule has 3 nitrogen and oxygen atoms in total. The van der Waals surface area contributed by atoms with Gasteiger partial charge in [-0.15, -0.1) is 0 Å². The predicted molar refractivity (Wildman–Crippen MR) is 66.0 cm³/mol. The zero-order valence-corrected chi connectivity index (χ0v) is 9.23. The first kappa shape index (κ1) is 10.6. The molecule has 0 aliphatic heterocycles. The van der Waals surface area contributed by atoms with E-state index in [0.29, 0.717) is 6.42 Å². The molecule has 2 rings (SSSR count). The van der Waals surface area contributed by atoms with Crippen LogP contribution in [0.1, 0.15) is 12.5 Å². The third-order valence-corrected chi connectivity index (χ3v) is 2.78. The lowest BCUT2D eigenvalue weighted by molar-refractivity contribution is -0.118. The highest BCUT2D eigenvalue weighted by atomic mass is 16.1. The summed E-state index contributed by atoms with van der Waals surface area (Å²) >= 11 is 0. The first-order chi connectivity index (χ1) is 7.72. The van der Waals surface area contributed by atoms with Gasteiger partial charge in [0.1, 0.15) is 6.04 Å². The summed E-state index contributed by atoms with van der Waals surface area (Å²) in [5.41, 5.74) is 2.20. The van der Waals surface area contributed by atoms with Gasteiger partial charge in [-0.25, -0.2) is 0 Å². The SMILES string of the molecule is C=N[C@@H](Cc1c[nH]c2ccccc12)C(C)=O. The number of nitrogens with one attached hydrogen (secondary N) is 1. The Kier molecular flexibility index (Phi) is 2.86. The molecule has 0 amide bonds. The minimum absolute atomic E-state index is 0.0558. The van der Waals surface area contributed by atoms with Crippen LogP contribution in [-0.2, 0) is 11.2 Å². The average Bonchev–Trinajstić information content (AvgIpc) is 2.69. The van der Waals surface area contributed by atoms with Gasteiger partial charge in [-0.2, -0.15) is 0 Å². The summed E-state index contributed by atoms with van der Waals surface area (Å²) in [7, 11) is 0. The highest BCUT2D eigenvalue weighted by molar-refractivity contribution is 5.86. The van der Waals surface area contributed by atoms with Crippen LogP contribution in [0.3, 0.4) is 0 Å². The van der Waals surface area contributed by atoms with E-state index in [-0.39, 0.29) is 11.8 Å². The van der Waals surface area contributed by atoms with Gasteiger partial charge in [-0.05, 0) is 25.3 Å². The van der Waals surface area contributed by atoms with Crippen LogP contribution < -0.4 is 0 Å². The molecular formula is C13H14N2O. The van der Waals surface area contributed by atoms with Crippen molar-refractivity contribution in [2.24, 2.45) is 4.99 Å². The van der Waals surface area contributed by atoms with Gasteiger partial charge in [0.15, 0.2) is 5.78 Å². The maximum absolute atomic E-state index is 11.3. The molecule has 0 saturated heterocycles. The molecule has 0 aliphatic rings. The number of benzene rings is 1. The van der Waals surface area contributed by atoms with Gasteiger partial charge in [0.25, 0.3) is 0 Å². The van der Waals surface area contributed by atoms with Gasteiger partial charge in [0, 0.05) is 23.5 Å². The van der Waals surface area contributed by atoms with Gasteiger partial charge in [0.05, 0.1) is 0 Å². The number of aromatic amines is 1. The lowest BCUT2D eigenvalue weighted by Gasteiger charge is -2.06. The number of aromatic nitrogens is 1. The summed E-state index contributed by atoms with van der Waals surface area (Å²) in [5, 5.41) is 1.15. The molecular weight excluding hydrogens is 200 g/mol. The molecule has 1 aromatic carbocycles. The highest BCUT2D eigenvalue weighted by Crippen LogP contribution is 2.19. The second kappa shape index (κ2) is 4.31. The lowest BCUT2D eigenvalue weighted by Crippen LogP contribution is -2.17. The number of hydrogen-bond acceptors (Lipinski definition) is 2. The van der Waals surface area contributed by atoms with Crippen molar-refractivity contribution >= 4 is 23.4 Å². The van der Waals surface area contributed by atoms with E-state index < -0.39 is 0 Å². The van der Waals surface area contributed by atoms with Crippen molar-refractivity contribution in [1.82, 2.24) is 4.98 Å². The van der Waals surface area contributed by atoms with Crippen LogP contribution in [0.15, 0.2) is 35.5 Å². The Bertz CT molecular complexity index is 527. The van der Waals surface area contributed by atoms with Crippen molar-refractivity contribution < 1.29 is 4.79 Å². The quantitative estimate of drug-likeness (QED) is 0.780. The third kappa shape index (κ3) is 1.89. The molecule has 16 heavy (non-hydrogen) atoms. The van der Waals surface area contributed by atoms with Crippen molar-refractivity contribution in [2.45, 2.75) is 19.4 Å². The van der Waals surface area contributed by atoms with E-state index >= 15 is 0 Å². The Labute approximate surface area is 94.2 Å². The van der Waals surface area contributed by atoms with Gasteiger partial charge >= 0.3 is 0 Å². The molecule has 0 bridgehead atoms. The maximum atomic E-state index is 11.3. The Hall–Kier alpha value is -1.90. The van der Waals surface area contributed by atoms with Crippen molar-refractivity contribution in [3.63, 3.8) is 0 Å². The number of carbonyl (C=O) groups excluding carboxylic acids is 1. The second-order valence-electron chi connectivity index (χ2n) is 3.87. The number of carbonyl (C=O) groups is 1. The first-order valence-electron chi connectivity index (χ1n) is 5.23. The number of ketones is 1. The molecule has 0 fully saturated rings. The number of hydrogen-bond donors (Lipinski definition) is 1. The molecule has 1 N–H and O–H groups in total.